The Hall–Kier alpha value is -6.85. The third-order valence-electron chi connectivity index (χ3n) is 9.39. The van der Waals surface area contributed by atoms with Gasteiger partial charge in [0.05, 0.1) is 5.56 Å². The molecule has 0 radical (unpaired) electrons. The second-order valence-corrected chi connectivity index (χ2v) is 12.4. The van der Waals surface area contributed by atoms with E-state index >= 15 is 0 Å². The maximum Gasteiger partial charge on any atom is 0.167 e. The van der Waals surface area contributed by atoms with E-state index in [2.05, 4.69) is 78.9 Å². The van der Waals surface area contributed by atoms with Crippen molar-refractivity contribution in [1.29, 1.82) is 0 Å². The lowest BCUT2D eigenvalue weighted by atomic mass is 9.99. The number of hydrogen-bond donors (Lipinski definition) is 0. The molecular weight excluding hydrogens is 615 g/mol. The lowest BCUT2D eigenvalue weighted by molar-refractivity contribution is 0.669. The minimum absolute atomic E-state index is 0.555. The van der Waals surface area contributed by atoms with Crippen molar-refractivity contribution in [3.8, 4) is 56.4 Å². The lowest BCUT2D eigenvalue weighted by Crippen LogP contribution is -2.01. The quantitative estimate of drug-likeness (QED) is 0.187. The Bertz CT molecular complexity index is 2870. The van der Waals surface area contributed by atoms with E-state index in [1.54, 1.807) is 0 Å². The molecular formula is C45H27N3O2. The number of nitrogens with zero attached hydrogens (tertiary/aromatic N) is 3. The molecule has 0 aliphatic rings. The van der Waals surface area contributed by atoms with Gasteiger partial charge in [0.1, 0.15) is 22.3 Å². The Morgan fingerprint density at radius 1 is 0.300 bits per heavy atom. The molecule has 0 unspecified atom stereocenters. The monoisotopic (exact) mass is 641 g/mol. The Morgan fingerprint density at radius 2 is 0.840 bits per heavy atom. The van der Waals surface area contributed by atoms with E-state index in [1.165, 1.54) is 0 Å². The summed E-state index contributed by atoms with van der Waals surface area (Å²) in [5.74, 6) is 1.74. The van der Waals surface area contributed by atoms with Crippen molar-refractivity contribution >= 4 is 43.9 Å². The van der Waals surface area contributed by atoms with Gasteiger partial charge in [0.15, 0.2) is 17.5 Å². The molecule has 50 heavy (non-hydrogen) atoms. The molecule has 0 aliphatic heterocycles. The molecule has 0 saturated carbocycles. The van der Waals surface area contributed by atoms with Crippen LogP contribution in [0, 0.1) is 0 Å². The van der Waals surface area contributed by atoms with Crippen molar-refractivity contribution in [3.63, 3.8) is 0 Å². The van der Waals surface area contributed by atoms with Crippen LogP contribution in [-0.4, -0.2) is 15.0 Å². The molecule has 0 bridgehead atoms. The SMILES string of the molecule is c1ccc(-c2ccccc2-c2nc(-c3ccc(-c4ccc5oc6ccccc6c5c4)cc3)nc(-c3cccc4c3oc3ccccc34)n2)cc1. The zero-order chi connectivity index (χ0) is 33.0. The van der Waals surface area contributed by atoms with Gasteiger partial charge in [0.25, 0.3) is 0 Å². The Morgan fingerprint density at radius 3 is 1.64 bits per heavy atom. The van der Waals surface area contributed by atoms with E-state index in [0.717, 1.165) is 82.8 Å². The van der Waals surface area contributed by atoms with Crippen LogP contribution in [0.3, 0.4) is 0 Å². The summed E-state index contributed by atoms with van der Waals surface area (Å²) in [5, 5.41) is 4.30. The number of furan rings is 2. The minimum Gasteiger partial charge on any atom is -0.456 e. The fourth-order valence-corrected chi connectivity index (χ4v) is 6.93. The zero-order valence-corrected chi connectivity index (χ0v) is 26.7. The van der Waals surface area contributed by atoms with Gasteiger partial charge in [0, 0.05) is 32.7 Å². The first-order valence-electron chi connectivity index (χ1n) is 16.6. The highest BCUT2D eigenvalue weighted by Gasteiger charge is 2.19. The summed E-state index contributed by atoms with van der Waals surface area (Å²) in [6.45, 7) is 0. The molecule has 0 fully saturated rings. The molecule has 234 valence electrons. The first kappa shape index (κ1) is 28.2. The van der Waals surface area contributed by atoms with E-state index in [0.29, 0.717) is 17.5 Å². The maximum absolute atomic E-state index is 6.43. The highest BCUT2D eigenvalue weighted by atomic mass is 16.3. The van der Waals surface area contributed by atoms with E-state index in [-0.39, 0.29) is 0 Å². The molecule has 5 nitrogen and oxygen atoms in total. The Labute approximate surface area is 287 Å². The number of fused-ring (bicyclic) bond motifs is 6. The summed E-state index contributed by atoms with van der Waals surface area (Å²) < 4.78 is 12.5. The predicted octanol–water partition coefficient (Wildman–Crippen LogP) is 12.0. The van der Waals surface area contributed by atoms with E-state index in [9.17, 15) is 0 Å². The van der Waals surface area contributed by atoms with Gasteiger partial charge in [-0.05, 0) is 52.6 Å². The van der Waals surface area contributed by atoms with Gasteiger partial charge in [0.2, 0.25) is 0 Å². The standard InChI is InChI=1S/C45H27N3O2/c1-2-11-29(12-3-1)32-13-4-5-16-36(32)44-46-43(47-45(48-44)37-18-10-17-35-33-14-6-9-20-40(33)50-42(35)37)30-23-21-28(22-24-30)31-25-26-41-38(27-31)34-15-7-8-19-39(34)49-41/h1-27H. The second-order valence-electron chi connectivity index (χ2n) is 12.4. The largest absolute Gasteiger partial charge is 0.456 e. The molecule has 0 spiro atoms. The smallest absolute Gasteiger partial charge is 0.167 e. The summed E-state index contributed by atoms with van der Waals surface area (Å²) in [4.78, 5) is 15.3. The van der Waals surface area contributed by atoms with E-state index in [1.807, 2.05) is 84.9 Å². The third kappa shape index (κ3) is 4.67. The zero-order valence-electron chi connectivity index (χ0n) is 26.7. The van der Waals surface area contributed by atoms with Crippen LogP contribution in [0.1, 0.15) is 0 Å². The Balaban J connectivity index is 1.13. The van der Waals surface area contributed by atoms with Crippen molar-refractivity contribution < 1.29 is 8.83 Å². The van der Waals surface area contributed by atoms with Crippen LogP contribution < -0.4 is 0 Å². The molecule has 5 heteroatoms. The molecule has 7 aromatic carbocycles. The van der Waals surface area contributed by atoms with Gasteiger partial charge in [-0.2, -0.15) is 0 Å². The number of para-hydroxylation sites is 3. The molecule has 10 rings (SSSR count). The molecule has 0 amide bonds. The highest BCUT2D eigenvalue weighted by molar-refractivity contribution is 6.09. The van der Waals surface area contributed by atoms with Gasteiger partial charge in [-0.1, -0.05) is 133 Å². The molecule has 0 atom stereocenters. The Kier molecular flexibility index (Phi) is 6.42. The van der Waals surface area contributed by atoms with Crippen molar-refractivity contribution in [2.45, 2.75) is 0 Å². The number of aromatic nitrogens is 3. The molecule has 10 aromatic rings. The van der Waals surface area contributed by atoms with E-state index in [4.69, 9.17) is 23.8 Å². The fourth-order valence-electron chi connectivity index (χ4n) is 6.93. The van der Waals surface area contributed by atoms with Crippen LogP contribution in [0.15, 0.2) is 173 Å². The normalized spacial score (nSPS) is 11.6. The molecule has 3 heterocycles. The minimum atomic E-state index is 0.555. The van der Waals surface area contributed by atoms with Crippen LogP contribution in [0.5, 0.6) is 0 Å². The lowest BCUT2D eigenvalue weighted by Gasteiger charge is -2.12. The number of hydrogen-bond acceptors (Lipinski definition) is 5. The van der Waals surface area contributed by atoms with Crippen LogP contribution in [0.4, 0.5) is 0 Å². The molecule has 0 N–H and O–H groups in total. The van der Waals surface area contributed by atoms with Crippen LogP contribution in [0.25, 0.3) is 100 Å². The fraction of sp³-hybridized carbons (Fsp3) is 0. The number of rotatable bonds is 5. The van der Waals surface area contributed by atoms with Crippen molar-refractivity contribution in [2.75, 3.05) is 0 Å². The van der Waals surface area contributed by atoms with Crippen molar-refractivity contribution in [1.82, 2.24) is 15.0 Å². The maximum atomic E-state index is 6.43. The van der Waals surface area contributed by atoms with Crippen LogP contribution in [0.2, 0.25) is 0 Å². The van der Waals surface area contributed by atoms with Gasteiger partial charge in [-0.3, -0.25) is 0 Å². The first-order chi connectivity index (χ1) is 24.8. The highest BCUT2D eigenvalue weighted by Crippen LogP contribution is 2.38. The summed E-state index contributed by atoms with van der Waals surface area (Å²) in [7, 11) is 0. The van der Waals surface area contributed by atoms with Crippen LogP contribution >= 0.6 is 0 Å². The summed E-state index contributed by atoms with van der Waals surface area (Å²) in [5.41, 5.74) is 10.3. The third-order valence-corrected chi connectivity index (χ3v) is 9.39. The summed E-state index contributed by atoms with van der Waals surface area (Å²) in [6.07, 6.45) is 0. The summed E-state index contributed by atoms with van der Waals surface area (Å²) in [6, 6.07) is 55.8. The predicted molar refractivity (Wildman–Crippen MR) is 202 cm³/mol. The average molecular weight is 642 g/mol. The molecule has 3 aromatic heterocycles. The average Bonchev–Trinajstić information content (AvgIpc) is 3.76. The molecule has 0 aliphatic carbocycles. The van der Waals surface area contributed by atoms with Gasteiger partial charge in [-0.25, -0.2) is 15.0 Å². The van der Waals surface area contributed by atoms with E-state index < -0.39 is 0 Å². The second kappa shape index (κ2) is 11.4. The first-order valence-corrected chi connectivity index (χ1v) is 16.6. The van der Waals surface area contributed by atoms with Gasteiger partial charge >= 0.3 is 0 Å². The molecule has 0 saturated heterocycles. The van der Waals surface area contributed by atoms with Gasteiger partial charge in [-0.15, -0.1) is 0 Å². The van der Waals surface area contributed by atoms with Crippen molar-refractivity contribution in [2.24, 2.45) is 0 Å². The van der Waals surface area contributed by atoms with Crippen molar-refractivity contribution in [3.05, 3.63) is 164 Å². The number of benzene rings is 7. The van der Waals surface area contributed by atoms with Gasteiger partial charge < -0.3 is 8.83 Å². The van der Waals surface area contributed by atoms with Crippen LogP contribution in [-0.2, 0) is 0 Å². The topological polar surface area (TPSA) is 65.0 Å². The summed E-state index contributed by atoms with van der Waals surface area (Å²) >= 11 is 0.